The zero-order valence-electron chi connectivity index (χ0n) is 20.7. The van der Waals surface area contributed by atoms with Crippen LogP contribution in [0.15, 0.2) is 60.7 Å². The lowest BCUT2D eigenvalue weighted by Gasteiger charge is -2.21. The molecule has 204 valence electrons. The predicted octanol–water partition coefficient (Wildman–Crippen LogP) is 3.06. The third-order valence-electron chi connectivity index (χ3n) is 6.28. The molecule has 4 rings (SSSR count). The van der Waals surface area contributed by atoms with Crippen LogP contribution in [0.3, 0.4) is 0 Å². The predicted molar refractivity (Wildman–Crippen MR) is 135 cm³/mol. The Morgan fingerprint density at radius 3 is 2.42 bits per heavy atom. The maximum Gasteiger partial charge on any atom is 0.401 e. The number of carbonyl (C=O) groups is 1. The highest BCUT2D eigenvalue weighted by atomic mass is 19.4. The van der Waals surface area contributed by atoms with Crippen molar-refractivity contribution in [3.8, 4) is 11.6 Å². The van der Waals surface area contributed by atoms with Crippen molar-refractivity contribution in [3.05, 3.63) is 71.8 Å². The molecule has 2 heterocycles. The van der Waals surface area contributed by atoms with Crippen molar-refractivity contribution >= 4 is 11.8 Å². The Morgan fingerprint density at radius 1 is 1.13 bits per heavy atom. The van der Waals surface area contributed by atoms with Gasteiger partial charge in [-0.25, -0.2) is 9.48 Å². The molecule has 1 aromatic heterocycles. The first-order valence-electron chi connectivity index (χ1n) is 12.1. The summed E-state index contributed by atoms with van der Waals surface area (Å²) in [6.45, 7) is 0.121. The van der Waals surface area contributed by atoms with Gasteiger partial charge in [0, 0.05) is 19.0 Å². The maximum absolute atomic E-state index is 13.2. The number of hydrogen-bond donors (Lipinski definition) is 4. The van der Waals surface area contributed by atoms with Crippen LogP contribution in [0.4, 0.5) is 23.8 Å². The average molecular weight is 534 g/mol. The van der Waals surface area contributed by atoms with Gasteiger partial charge in [-0.2, -0.15) is 13.2 Å². The highest BCUT2D eigenvalue weighted by Crippen LogP contribution is 2.31. The lowest BCUT2D eigenvalue weighted by molar-refractivity contribution is -0.143. The molecule has 1 aliphatic rings. The summed E-state index contributed by atoms with van der Waals surface area (Å²) in [5.74, 6) is 0.114. The number of nitrogens with one attached hydrogen (secondary N) is 2. The summed E-state index contributed by atoms with van der Waals surface area (Å²) in [5.41, 5.74) is 1.94. The van der Waals surface area contributed by atoms with Crippen LogP contribution in [0, 0.1) is 6.92 Å². The number of benzene rings is 2. The summed E-state index contributed by atoms with van der Waals surface area (Å²) in [6.07, 6.45) is -5.45. The minimum atomic E-state index is -4.35. The topological polar surface area (TPSA) is 112 Å². The highest BCUT2D eigenvalue weighted by molar-refractivity contribution is 5.90. The van der Waals surface area contributed by atoms with Gasteiger partial charge < -0.3 is 20.3 Å². The molecule has 1 fully saturated rings. The number of anilines is 1. The fourth-order valence-electron chi connectivity index (χ4n) is 4.51. The minimum absolute atomic E-state index is 0.0385. The lowest BCUT2D eigenvalue weighted by atomic mass is 9.94. The van der Waals surface area contributed by atoms with Crippen molar-refractivity contribution in [2.75, 3.05) is 38.2 Å². The molecule has 1 saturated heterocycles. The van der Waals surface area contributed by atoms with Gasteiger partial charge in [0.05, 0.1) is 30.4 Å². The minimum Gasteiger partial charge on any atom is -0.474 e. The molecule has 2 aromatic carbocycles. The SMILES string of the molecule is Cc1c(OC[C@@H](O)CO)nn(-c2ccccc2)c1NC(=O)N[C@H]1CN(CC(F)(F)F)C[C@@H]1c1ccccc1. The Labute approximate surface area is 217 Å². The summed E-state index contributed by atoms with van der Waals surface area (Å²) in [6, 6.07) is 16.9. The smallest absolute Gasteiger partial charge is 0.401 e. The van der Waals surface area contributed by atoms with Gasteiger partial charge in [0.1, 0.15) is 18.5 Å². The second kappa shape index (κ2) is 11.8. The van der Waals surface area contributed by atoms with Crippen LogP contribution >= 0.6 is 0 Å². The van der Waals surface area contributed by atoms with Crippen LogP contribution in [0.2, 0.25) is 0 Å². The molecule has 0 unspecified atom stereocenters. The lowest BCUT2D eigenvalue weighted by Crippen LogP contribution is -2.43. The normalized spacial score (nSPS) is 18.8. The summed E-state index contributed by atoms with van der Waals surface area (Å²) in [7, 11) is 0. The van der Waals surface area contributed by atoms with E-state index in [0.29, 0.717) is 17.1 Å². The molecule has 2 amide bonds. The Hall–Kier alpha value is -3.61. The van der Waals surface area contributed by atoms with Gasteiger partial charge in [-0.1, -0.05) is 48.5 Å². The number of likely N-dealkylation sites (tertiary alicyclic amines) is 1. The first-order valence-corrected chi connectivity index (χ1v) is 12.1. The third-order valence-corrected chi connectivity index (χ3v) is 6.28. The Balaban J connectivity index is 1.55. The highest BCUT2D eigenvalue weighted by Gasteiger charge is 2.40. The van der Waals surface area contributed by atoms with Crippen LogP contribution in [0.1, 0.15) is 17.0 Å². The van der Waals surface area contributed by atoms with E-state index in [9.17, 15) is 23.1 Å². The zero-order chi connectivity index (χ0) is 27.3. The van der Waals surface area contributed by atoms with E-state index in [1.807, 2.05) is 36.4 Å². The number of nitrogens with zero attached hydrogens (tertiary/aromatic N) is 3. The van der Waals surface area contributed by atoms with Crippen molar-refractivity contribution < 1.29 is 32.9 Å². The Kier molecular flexibility index (Phi) is 8.55. The van der Waals surface area contributed by atoms with Crippen molar-refractivity contribution in [2.45, 2.75) is 31.2 Å². The van der Waals surface area contributed by atoms with E-state index in [1.165, 1.54) is 9.58 Å². The summed E-state index contributed by atoms with van der Waals surface area (Å²) in [5, 5.41) is 28.8. The quantitative estimate of drug-likeness (QED) is 0.337. The van der Waals surface area contributed by atoms with Crippen LogP contribution in [0.5, 0.6) is 5.88 Å². The number of halogens is 3. The molecule has 3 aromatic rings. The molecule has 0 radical (unpaired) electrons. The largest absolute Gasteiger partial charge is 0.474 e. The molecule has 0 bridgehead atoms. The number of hydrogen-bond acceptors (Lipinski definition) is 6. The summed E-state index contributed by atoms with van der Waals surface area (Å²) < 4.78 is 46.4. The third kappa shape index (κ3) is 6.82. The van der Waals surface area contributed by atoms with E-state index < -0.39 is 37.5 Å². The van der Waals surface area contributed by atoms with Crippen LogP contribution < -0.4 is 15.4 Å². The fraction of sp³-hybridized carbons (Fsp3) is 0.385. The van der Waals surface area contributed by atoms with Crippen LogP contribution in [-0.4, -0.2) is 82.1 Å². The van der Waals surface area contributed by atoms with Crippen molar-refractivity contribution in [2.24, 2.45) is 0 Å². The molecular formula is C26H30F3N5O4. The average Bonchev–Trinajstić information content (AvgIpc) is 3.42. The number of para-hydroxylation sites is 1. The standard InChI is InChI=1S/C26H30F3N5O4/c1-17-23(34(19-10-6-3-7-11-19)32-24(17)38-15-20(36)14-35)31-25(37)30-22-13-33(16-26(27,28)29)12-21(22)18-8-4-2-5-9-18/h2-11,20-22,35-36H,12-16H2,1H3,(H2,30,31,37)/t20-,21+,22-/m0/s1. The number of rotatable bonds is 9. The van der Waals surface area contributed by atoms with E-state index >= 15 is 0 Å². The molecule has 4 N–H and O–H groups in total. The number of carbonyl (C=O) groups excluding carboxylic acids is 1. The molecule has 12 heteroatoms. The van der Waals surface area contributed by atoms with Gasteiger partial charge in [0.2, 0.25) is 5.88 Å². The molecular weight excluding hydrogens is 503 g/mol. The van der Waals surface area contributed by atoms with E-state index in [4.69, 9.17) is 9.84 Å². The van der Waals surface area contributed by atoms with Crippen molar-refractivity contribution in [1.82, 2.24) is 20.0 Å². The molecule has 0 aliphatic carbocycles. The summed E-state index contributed by atoms with van der Waals surface area (Å²) >= 11 is 0. The van der Waals surface area contributed by atoms with E-state index in [-0.39, 0.29) is 31.5 Å². The van der Waals surface area contributed by atoms with E-state index in [0.717, 1.165) is 5.56 Å². The molecule has 38 heavy (non-hydrogen) atoms. The van der Waals surface area contributed by atoms with Gasteiger partial charge in [0.15, 0.2) is 0 Å². The molecule has 0 spiro atoms. The van der Waals surface area contributed by atoms with Crippen LogP contribution in [-0.2, 0) is 0 Å². The molecule has 1 aliphatic heterocycles. The number of alkyl halides is 3. The van der Waals surface area contributed by atoms with Gasteiger partial charge in [-0.05, 0) is 24.6 Å². The number of urea groups is 1. The Morgan fingerprint density at radius 2 is 1.79 bits per heavy atom. The fourth-order valence-corrected chi connectivity index (χ4v) is 4.51. The summed E-state index contributed by atoms with van der Waals surface area (Å²) in [4.78, 5) is 14.5. The van der Waals surface area contributed by atoms with Crippen molar-refractivity contribution in [1.29, 1.82) is 0 Å². The molecule has 0 saturated carbocycles. The molecule has 9 nitrogen and oxygen atoms in total. The number of aliphatic hydroxyl groups excluding tert-OH is 2. The van der Waals surface area contributed by atoms with Crippen molar-refractivity contribution in [3.63, 3.8) is 0 Å². The monoisotopic (exact) mass is 533 g/mol. The maximum atomic E-state index is 13.2. The number of aromatic nitrogens is 2. The Bertz CT molecular complexity index is 1210. The number of aliphatic hydroxyl groups is 2. The van der Waals surface area contributed by atoms with Gasteiger partial charge >= 0.3 is 12.2 Å². The van der Waals surface area contributed by atoms with Gasteiger partial charge in [-0.3, -0.25) is 10.2 Å². The second-order valence-corrected chi connectivity index (χ2v) is 9.20. The zero-order valence-corrected chi connectivity index (χ0v) is 20.7. The van der Waals surface area contributed by atoms with Gasteiger partial charge in [-0.15, -0.1) is 5.10 Å². The first-order chi connectivity index (χ1) is 18.1. The van der Waals surface area contributed by atoms with Crippen LogP contribution in [0.25, 0.3) is 5.69 Å². The number of amides is 2. The van der Waals surface area contributed by atoms with E-state index in [1.54, 1.807) is 31.2 Å². The number of ether oxygens (including phenoxy) is 1. The first kappa shape index (κ1) is 27.4. The second-order valence-electron chi connectivity index (χ2n) is 9.20. The van der Waals surface area contributed by atoms with E-state index in [2.05, 4.69) is 15.7 Å². The molecule has 3 atom stereocenters. The van der Waals surface area contributed by atoms with Gasteiger partial charge in [0.25, 0.3) is 0 Å².